The first-order valence-electron chi connectivity index (χ1n) is 17.4. The van der Waals surface area contributed by atoms with Gasteiger partial charge in [0.25, 0.3) is 0 Å². The van der Waals surface area contributed by atoms with Gasteiger partial charge < -0.3 is 25.0 Å². The van der Waals surface area contributed by atoms with E-state index in [9.17, 15) is 23.4 Å². The summed E-state index contributed by atoms with van der Waals surface area (Å²) in [5, 5.41) is 5.78. The van der Waals surface area contributed by atoms with Crippen LogP contribution in [0.1, 0.15) is 79.2 Å². The number of likely N-dealkylation sites (tertiary alicyclic amines) is 1. The van der Waals surface area contributed by atoms with Crippen LogP contribution >= 0.6 is 0 Å². The zero-order chi connectivity index (χ0) is 39.5. The summed E-state index contributed by atoms with van der Waals surface area (Å²) in [5.41, 5.74) is 1.55. The Bertz CT molecular complexity index is 1450. The summed E-state index contributed by atoms with van der Waals surface area (Å²) in [4.78, 5) is 49.6. The normalized spacial score (nSPS) is 19.2. The van der Waals surface area contributed by atoms with Crippen molar-refractivity contribution in [1.82, 2.24) is 20.3 Å². The molecule has 2 saturated carbocycles. The second-order valence-electron chi connectivity index (χ2n) is 14.0. The molecular weight excluding hydrogens is 681 g/mol. The molecule has 0 aromatic heterocycles. The molecule has 1 unspecified atom stereocenters. The molecule has 2 aromatic rings. The van der Waals surface area contributed by atoms with Gasteiger partial charge in [0.15, 0.2) is 0 Å². The average molecular weight is 739 g/mol. The number of carbonyl (C=O) groups is 4. The van der Waals surface area contributed by atoms with Crippen molar-refractivity contribution in [2.45, 2.75) is 102 Å². The molecule has 2 aromatic carbocycles. The molecule has 0 spiro atoms. The lowest BCUT2D eigenvalue weighted by Crippen LogP contribution is -2.49. The summed E-state index contributed by atoms with van der Waals surface area (Å²) in [6.45, 7) is 17.7. The molecule has 2 aliphatic carbocycles. The van der Waals surface area contributed by atoms with Crippen LogP contribution in [0.5, 0.6) is 0 Å². The number of hydrogen-bond acceptors (Lipinski definition) is 7. The Labute approximate surface area is 313 Å². The molecule has 12 heteroatoms. The first-order valence-corrected chi connectivity index (χ1v) is 18.6. The van der Waals surface area contributed by atoms with Crippen molar-refractivity contribution in [2.75, 3.05) is 20.2 Å². The van der Waals surface area contributed by atoms with E-state index in [0.717, 1.165) is 48.3 Å². The number of hydrogen-bond donors (Lipinski definition) is 3. The van der Waals surface area contributed by atoms with Gasteiger partial charge in [-0.2, -0.15) is 0 Å². The van der Waals surface area contributed by atoms with Gasteiger partial charge in [-0.25, -0.2) is 9.00 Å². The Morgan fingerprint density at radius 3 is 1.98 bits per heavy atom. The second-order valence-corrected chi connectivity index (χ2v) is 15.5. The number of rotatable bonds is 10. The lowest BCUT2D eigenvalue weighted by molar-refractivity contribution is -0.138. The third kappa shape index (κ3) is 15.8. The van der Waals surface area contributed by atoms with Crippen molar-refractivity contribution in [3.05, 3.63) is 73.3 Å². The van der Waals surface area contributed by atoms with Crippen molar-refractivity contribution >= 4 is 35.3 Å². The number of carbonyl (C=O) groups excluding carboxylic acids is 4. The van der Waals surface area contributed by atoms with Crippen molar-refractivity contribution in [3.8, 4) is 24.0 Å². The molecule has 52 heavy (non-hydrogen) atoms. The fourth-order valence-electron chi connectivity index (χ4n) is 4.95. The summed E-state index contributed by atoms with van der Waals surface area (Å²) < 4.78 is 24.0. The Balaban J connectivity index is 0.000000708. The van der Waals surface area contributed by atoms with Gasteiger partial charge in [0.2, 0.25) is 18.2 Å². The predicted molar refractivity (Wildman–Crippen MR) is 208 cm³/mol. The van der Waals surface area contributed by atoms with Crippen LogP contribution in [-0.2, 0) is 40.4 Å². The van der Waals surface area contributed by atoms with Gasteiger partial charge in [0.1, 0.15) is 34.8 Å². The van der Waals surface area contributed by atoms with Crippen LogP contribution in [0, 0.1) is 18.8 Å². The van der Waals surface area contributed by atoms with E-state index in [4.69, 9.17) is 9.47 Å². The van der Waals surface area contributed by atoms with Crippen LogP contribution in [0.2, 0.25) is 0 Å². The van der Waals surface area contributed by atoms with Gasteiger partial charge in [0.05, 0.1) is 11.8 Å². The summed E-state index contributed by atoms with van der Waals surface area (Å²) >= 11 is 0. The SMILES string of the molecule is C#C.C=C.CC(C)C.CO[C@@]1(c2ccc(-c3ccccc3)cc2)C[C@@H](C(=O)NC2CC2)N(C(=O)CNC(=O)OC(C)(C)C)C1.O=CNS(=O)C1CC1. The molecule has 0 bridgehead atoms. The van der Waals surface area contributed by atoms with E-state index in [1.165, 1.54) is 4.90 Å². The molecule has 5 rings (SSSR count). The monoisotopic (exact) mass is 738 g/mol. The smallest absolute Gasteiger partial charge is 0.408 e. The number of amides is 4. The van der Waals surface area contributed by atoms with Crippen LogP contribution < -0.4 is 15.4 Å². The molecular formula is C40H58N4O7S. The molecule has 1 saturated heterocycles. The average Bonchev–Trinajstić information content (AvgIpc) is 4.07. The van der Waals surface area contributed by atoms with E-state index >= 15 is 0 Å². The first-order chi connectivity index (χ1) is 24.7. The number of nitrogens with one attached hydrogen (secondary N) is 3. The Morgan fingerprint density at radius 2 is 1.52 bits per heavy atom. The van der Waals surface area contributed by atoms with Crippen LogP contribution in [-0.4, -0.2) is 76.6 Å². The highest BCUT2D eigenvalue weighted by molar-refractivity contribution is 7.84. The second kappa shape index (κ2) is 22.5. The molecule has 3 aliphatic rings. The van der Waals surface area contributed by atoms with Crippen LogP contribution in [0.4, 0.5) is 4.79 Å². The third-order valence-electron chi connectivity index (χ3n) is 7.55. The summed E-state index contributed by atoms with van der Waals surface area (Å²) in [6, 6.07) is 17.6. The standard InChI is InChI=1S/C28H35N3O5.C4H7NO2S.C4H10.C2H4.C2H2/c1-27(2,3)36-26(34)29-17-24(32)31-18-28(35-4,16-23(31)25(33)30-22-14-15-22)21-12-10-20(11-13-21)19-8-6-5-7-9-19;6-3-5-8(7)4-1-2-4;1-4(2)3;2*1-2/h5-13,22-23H,14-18H2,1-4H3,(H,29,34)(H,30,33);3-4H,1-2H2,(H,5,6);4H,1-3H3;1-2H2;1-2H/t23-,28-;;;;/m0..../s1. The van der Waals surface area contributed by atoms with E-state index in [0.29, 0.717) is 12.8 Å². The molecule has 286 valence electrons. The molecule has 4 amide bonds. The highest BCUT2D eigenvalue weighted by Crippen LogP contribution is 2.40. The molecule has 3 N–H and O–H groups in total. The van der Waals surface area contributed by atoms with E-state index in [1.54, 1.807) is 27.9 Å². The Kier molecular flexibility index (Phi) is 19.7. The van der Waals surface area contributed by atoms with Crippen molar-refractivity contribution in [2.24, 2.45) is 5.92 Å². The number of alkyl carbamates (subject to hydrolysis) is 1. The minimum atomic E-state index is -1.08. The minimum absolute atomic E-state index is 0.164. The first kappa shape index (κ1) is 45.6. The minimum Gasteiger partial charge on any atom is -0.444 e. The molecule has 11 nitrogen and oxygen atoms in total. The number of ether oxygens (including phenoxy) is 2. The molecule has 1 heterocycles. The van der Waals surface area contributed by atoms with Gasteiger partial charge in [-0.1, -0.05) is 75.4 Å². The zero-order valence-electron chi connectivity index (χ0n) is 31.8. The van der Waals surface area contributed by atoms with E-state index in [-0.39, 0.29) is 36.2 Å². The maximum absolute atomic E-state index is 13.2. The van der Waals surface area contributed by atoms with E-state index < -0.39 is 34.3 Å². The van der Waals surface area contributed by atoms with E-state index in [2.05, 4.69) is 62.1 Å². The summed E-state index contributed by atoms with van der Waals surface area (Å²) in [5.74, 6) is 0.277. The molecule has 3 atom stereocenters. The highest BCUT2D eigenvalue weighted by Gasteiger charge is 2.50. The molecule has 1 aliphatic heterocycles. The van der Waals surface area contributed by atoms with Gasteiger partial charge in [-0.05, 0) is 69.1 Å². The number of benzene rings is 2. The maximum Gasteiger partial charge on any atom is 0.408 e. The summed E-state index contributed by atoms with van der Waals surface area (Å²) in [6.07, 6.45) is 12.0. The molecule has 3 fully saturated rings. The Morgan fingerprint density at radius 1 is 0.981 bits per heavy atom. The quantitative estimate of drug-likeness (QED) is 0.157. The zero-order valence-corrected chi connectivity index (χ0v) is 32.6. The largest absolute Gasteiger partial charge is 0.444 e. The van der Waals surface area contributed by atoms with Crippen molar-refractivity contribution in [1.29, 1.82) is 0 Å². The van der Waals surface area contributed by atoms with Gasteiger partial charge in [-0.15, -0.1) is 26.0 Å². The molecule has 0 radical (unpaired) electrons. The fraction of sp³-hybridized carbons (Fsp3) is 0.500. The highest BCUT2D eigenvalue weighted by atomic mass is 32.2. The maximum atomic E-state index is 13.2. The summed E-state index contributed by atoms with van der Waals surface area (Å²) in [7, 11) is 0.526. The van der Waals surface area contributed by atoms with Crippen LogP contribution in [0.15, 0.2) is 67.8 Å². The van der Waals surface area contributed by atoms with Gasteiger partial charge >= 0.3 is 6.09 Å². The topological polar surface area (TPSA) is 143 Å². The fourth-order valence-corrected chi connectivity index (χ4v) is 5.81. The van der Waals surface area contributed by atoms with Crippen LogP contribution in [0.3, 0.4) is 0 Å². The van der Waals surface area contributed by atoms with Crippen molar-refractivity contribution in [3.63, 3.8) is 0 Å². The van der Waals surface area contributed by atoms with Gasteiger partial charge in [0, 0.05) is 19.6 Å². The van der Waals surface area contributed by atoms with E-state index in [1.807, 2.05) is 54.6 Å². The predicted octanol–water partition coefficient (Wildman–Crippen LogP) is 5.87. The lowest BCUT2D eigenvalue weighted by Gasteiger charge is -2.28. The van der Waals surface area contributed by atoms with Crippen molar-refractivity contribution < 1.29 is 32.9 Å². The lowest BCUT2D eigenvalue weighted by atomic mass is 9.89. The van der Waals surface area contributed by atoms with Crippen LogP contribution in [0.25, 0.3) is 11.1 Å². The Hall–Kier alpha value is -4.47. The van der Waals surface area contributed by atoms with Gasteiger partial charge in [-0.3, -0.25) is 19.1 Å². The number of nitrogens with zero attached hydrogens (tertiary/aromatic N) is 1. The number of terminal acetylenes is 1. The number of methoxy groups -OCH3 is 1. The third-order valence-corrected chi connectivity index (χ3v) is 8.96.